The molecule has 0 aliphatic carbocycles. The van der Waals surface area contributed by atoms with Gasteiger partial charge in [0.1, 0.15) is 6.54 Å². The van der Waals surface area contributed by atoms with Gasteiger partial charge in [-0.25, -0.2) is 4.79 Å². The van der Waals surface area contributed by atoms with E-state index in [1.54, 1.807) is 13.0 Å². The molecule has 0 fully saturated rings. The lowest BCUT2D eigenvalue weighted by Crippen LogP contribution is -2.15. The number of carbonyl (C=O) groups excluding carboxylic acids is 2. The summed E-state index contributed by atoms with van der Waals surface area (Å²) in [6, 6.07) is 1.56. The Morgan fingerprint density at radius 2 is 2.18 bits per heavy atom. The van der Waals surface area contributed by atoms with Gasteiger partial charge >= 0.3 is 11.9 Å². The van der Waals surface area contributed by atoms with Gasteiger partial charge in [-0.1, -0.05) is 0 Å². The minimum Gasteiger partial charge on any atom is -0.468 e. The Balaban J connectivity index is 2.65. The van der Waals surface area contributed by atoms with E-state index in [0.717, 1.165) is 0 Å². The van der Waals surface area contributed by atoms with Crippen molar-refractivity contribution in [1.29, 1.82) is 0 Å². The van der Waals surface area contributed by atoms with Crippen LogP contribution in [0, 0.1) is 0 Å². The molecule has 6 nitrogen and oxygen atoms in total. The number of nitrogens with one attached hydrogen (secondary N) is 1. The van der Waals surface area contributed by atoms with Crippen LogP contribution in [0.4, 0.5) is 5.69 Å². The highest BCUT2D eigenvalue weighted by molar-refractivity contribution is 5.90. The SMILES string of the molecule is CCOC(=O)c1cncc(NCC(=O)OC)c1. The molecule has 0 saturated heterocycles. The molecule has 1 heterocycles. The van der Waals surface area contributed by atoms with Gasteiger partial charge in [-0.05, 0) is 13.0 Å². The number of rotatable bonds is 5. The summed E-state index contributed by atoms with van der Waals surface area (Å²) in [6.07, 6.45) is 2.91. The van der Waals surface area contributed by atoms with E-state index in [9.17, 15) is 9.59 Å². The minimum absolute atomic E-state index is 0.0183. The first kappa shape index (κ1) is 13.0. The van der Waals surface area contributed by atoms with Gasteiger partial charge in [0.25, 0.3) is 0 Å². The molecule has 0 saturated carbocycles. The lowest BCUT2D eigenvalue weighted by Gasteiger charge is -2.06. The Morgan fingerprint density at radius 3 is 2.82 bits per heavy atom. The first-order valence-electron chi connectivity index (χ1n) is 5.10. The summed E-state index contributed by atoms with van der Waals surface area (Å²) >= 11 is 0. The average Bonchev–Trinajstić information content (AvgIpc) is 2.36. The Labute approximate surface area is 98.9 Å². The van der Waals surface area contributed by atoms with Crippen LogP contribution in [-0.2, 0) is 14.3 Å². The summed E-state index contributed by atoms with van der Waals surface area (Å²) in [4.78, 5) is 26.2. The Hall–Kier alpha value is -2.11. The second kappa shape index (κ2) is 6.47. The smallest absolute Gasteiger partial charge is 0.339 e. The molecule has 1 aromatic rings. The number of aromatic nitrogens is 1. The molecule has 0 radical (unpaired) electrons. The number of pyridine rings is 1. The molecule has 0 atom stereocenters. The molecule has 1 aromatic heterocycles. The van der Waals surface area contributed by atoms with E-state index >= 15 is 0 Å². The number of hydrogen-bond acceptors (Lipinski definition) is 6. The number of methoxy groups -OCH3 is 1. The van der Waals surface area contributed by atoms with Gasteiger partial charge in [0, 0.05) is 12.4 Å². The third-order valence-electron chi connectivity index (χ3n) is 1.91. The van der Waals surface area contributed by atoms with Crippen molar-refractivity contribution >= 4 is 17.6 Å². The van der Waals surface area contributed by atoms with E-state index in [0.29, 0.717) is 17.9 Å². The van der Waals surface area contributed by atoms with Gasteiger partial charge < -0.3 is 14.8 Å². The highest BCUT2D eigenvalue weighted by Gasteiger charge is 2.08. The monoisotopic (exact) mass is 238 g/mol. The number of ether oxygens (including phenoxy) is 2. The highest BCUT2D eigenvalue weighted by atomic mass is 16.5. The number of hydrogen-bond donors (Lipinski definition) is 1. The van der Waals surface area contributed by atoms with Crippen molar-refractivity contribution < 1.29 is 19.1 Å². The Kier molecular flexibility index (Phi) is 4.93. The molecule has 0 unspecified atom stereocenters. The third-order valence-corrected chi connectivity index (χ3v) is 1.91. The molecule has 1 N–H and O–H groups in total. The van der Waals surface area contributed by atoms with Gasteiger partial charge in [0.15, 0.2) is 0 Å². The largest absolute Gasteiger partial charge is 0.468 e. The Bertz CT molecular complexity index is 406. The van der Waals surface area contributed by atoms with E-state index in [4.69, 9.17) is 4.74 Å². The molecule has 0 aromatic carbocycles. The van der Waals surface area contributed by atoms with Crippen molar-refractivity contribution in [3.05, 3.63) is 24.0 Å². The number of esters is 2. The molecule has 0 aliphatic rings. The normalized spacial score (nSPS) is 9.53. The van der Waals surface area contributed by atoms with Crippen LogP contribution in [0.25, 0.3) is 0 Å². The highest BCUT2D eigenvalue weighted by Crippen LogP contribution is 2.09. The minimum atomic E-state index is -0.443. The van der Waals surface area contributed by atoms with Crippen molar-refractivity contribution in [3.63, 3.8) is 0 Å². The Morgan fingerprint density at radius 1 is 1.41 bits per heavy atom. The molecule has 6 heteroatoms. The van der Waals surface area contributed by atoms with Crippen molar-refractivity contribution in [2.75, 3.05) is 25.6 Å². The van der Waals surface area contributed by atoms with Gasteiger partial charge in [0.05, 0.1) is 25.0 Å². The van der Waals surface area contributed by atoms with Crippen LogP contribution >= 0.6 is 0 Å². The van der Waals surface area contributed by atoms with Crippen LogP contribution in [0.1, 0.15) is 17.3 Å². The summed E-state index contributed by atoms with van der Waals surface area (Å²) in [7, 11) is 1.30. The zero-order valence-electron chi connectivity index (χ0n) is 9.73. The van der Waals surface area contributed by atoms with Crippen LogP contribution < -0.4 is 5.32 Å². The summed E-state index contributed by atoms with van der Waals surface area (Å²) in [5, 5.41) is 2.79. The van der Waals surface area contributed by atoms with E-state index < -0.39 is 11.9 Å². The molecule has 1 rings (SSSR count). The summed E-state index contributed by atoms with van der Waals surface area (Å²) in [5.74, 6) is -0.840. The molecule has 17 heavy (non-hydrogen) atoms. The molecule has 0 spiro atoms. The first-order chi connectivity index (χ1) is 8.17. The maximum absolute atomic E-state index is 11.4. The second-order valence-corrected chi connectivity index (χ2v) is 3.11. The van der Waals surface area contributed by atoms with Crippen LogP contribution in [0.3, 0.4) is 0 Å². The van der Waals surface area contributed by atoms with Gasteiger partial charge in [-0.2, -0.15) is 0 Å². The van der Waals surface area contributed by atoms with Gasteiger partial charge in [-0.3, -0.25) is 9.78 Å². The fourth-order valence-corrected chi connectivity index (χ4v) is 1.11. The predicted octanol–water partition coefficient (Wildman–Crippen LogP) is 0.843. The van der Waals surface area contributed by atoms with Gasteiger partial charge in [0.2, 0.25) is 0 Å². The van der Waals surface area contributed by atoms with E-state index in [1.807, 2.05) is 0 Å². The molecule has 0 bridgehead atoms. The van der Waals surface area contributed by atoms with Gasteiger partial charge in [-0.15, -0.1) is 0 Å². The van der Waals surface area contributed by atoms with Crippen molar-refractivity contribution in [2.24, 2.45) is 0 Å². The predicted molar refractivity (Wildman–Crippen MR) is 60.7 cm³/mol. The second-order valence-electron chi connectivity index (χ2n) is 3.11. The van der Waals surface area contributed by atoms with E-state index in [2.05, 4.69) is 15.0 Å². The first-order valence-corrected chi connectivity index (χ1v) is 5.10. The molecular weight excluding hydrogens is 224 g/mol. The van der Waals surface area contributed by atoms with E-state index in [1.165, 1.54) is 19.5 Å². The molecule has 0 amide bonds. The maximum Gasteiger partial charge on any atom is 0.339 e. The fraction of sp³-hybridized carbons (Fsp3) is 0.364. The zero-order valence-corrected chi connectivity index (χ0v) is 9.73. The van der Waals surface area contributed by atoms with Crippen LogP contribution in [-0.4, -0.2) is 37.2 Å². The standard InChI is InChI=1S/C11H14N2O4/c1-3-17-11(15)8-4-9(6-12-5-8)13-7-10(14)16-2/h4-6,13H,3,7H2,1-2H3. The van der Waals surface area contributed by atoms with Crippen molar-refractivity contribution in [2.45, 2.75) is 6.92 Å². The van der Waals surface area contributed by atoms with Crippen molar-refractivity contribution in [1.82, 2.24) is 4.98 Å². The number of anilines is 1. The number of nitrogens with zero attached hydrogens (tertiary/aromatic N) is 1. The lowest BCUT2D eigenvalue weighted by atomic mass is 10.2. The summed E-state index contributed by atoms with van der Waals surface area (Å²) in [6.45, 7) is 2.05. The number of carbonyl (C=O) groups is 2. The topological polar surface area (TPSA) is 77.5 Å². The van der Waals surface area contributed by atoms with Crippen LogP contribution in [0.15, 0.2) is 18.5 Å². The lowest BCUT2D eigenvalue weighted by molar-refractivity contribution is -0.138. The molecule has 0 aliphatic heterocycles. The zero-order chi connectivity index (χ0) is 12.7. The van der Waals surface area contributed by atoms with E-state index in [-0.39, 0.29) is 6.54 Å². The summed E-state index contributed by atoms with van der Waals surface area (Å²) < 4.78 is 9.31. The van der Waals surface area contributed by atoms with Crippen LogP contribution in [0.2, 0.25) is 0 Å². The average molecular weight is 238 g/mol. The van der Waals surface area contributed by atoms with Crippen LogP contribution in [0.5, 0.6) is 0 Å². The van der Waals surface area contributed by atoms with Crippen molar-refractivity contribution in [3.8, 4) is 0 Å². The molecular formula is C11H14N2O4. The fourth-order valence-electron chi connectivity index (χ4n) is 1.11. The molecule has 92 valence electrons. The quantitative estimate of drug-likeness (QED) is 0.766. The third kappa shape index (κ3) is 4.10. The maximum atomic E-state index is 11.4. The summed E-state index contributed by atoms with van der Waals surface area (Å²) in [5.41, 5.74) is 0.891.